The lowest BCUT2D eigenvalue weighted by Gasteiger charge is -2.14. The number of hydrogen-bond acceptors (Lipinski definition) is 2. The molecule has 0 aliphatic rings. The zero-order valence-electron chi connectivity index (χ0n) is 11.7. The van der Waals surface area contributed by atoms with Gasteiger partial charge in [-0.15, -0.1) is 0 Å². The van der Waals surface area contributed by atoms with Crippen LogP contribution in [0.5, 0.6) is 0 Å². The van der Waals surface area contributed by atoms with Crippen molar-refractivity contribution >= 4 is 46.0 Å². The molecule has 0 aliphatic carbocycles. The second-order valence-electron chi connectivity index (χ2n) is 4.81. The molecule has 110 valence electrons. The lowest BCUT2D eigenvalue weighted by atomic mass is 10.2. The number of hydrogen-bond donors (Lipinski definition) is 2. The fourth-order valence-electron chi connectivity index (χ4n) is 2.08. The van der Waals surface area contributed by atoms with Gasteiger partial charge in [-0.1, -0.05) is 35.3 Å². The summed E-state index contributed by atoms with van der Waals surface area (Å²) in [5.41, 5.74) is 3.93. The number of benzene rings is 3. The van der Waals surface area contributed by atoms with Crippen LogP contribution in [0.2, 0.25) is 10.0 Å². The number of para-hydroxylation sites is 2. The van der Waals surface area contributed by atoms with E-state index in [2.05, 4.69) is 10.6 Å². The first-order valence-electron chi connectivity index (χ1n) is 6.85. The molecule has 3 rings (SSSR count). The van der Waals surface area contributed by atoms with Gasteiger partial charge in [-0.2, -0.15) is 0 Å². The van der Waals surface area contributed by atoms with E-state index in [0.717, 1.165) is 32.8 Å². The summed E-state index contributed by atoms with van der Waals surface area (Å²) in [6.07, 6.45) is 0. The Morgan fingerprint density at radius 2 is 0.864 bits per heavy atom. The van der Waals surface area contributed by atoms with Gasteiger partial charge in [0.1, 0.15) is 0 Å². The molecular weight excluding hydrogens is 315 g/mol. The van der Waals surface area contributed by atoms with Gasteiger partial charge in [0.2, 0.25) is 0 Å². The quantitative estimate of drug-likeness (QED) is 0.572. The van der Waals surface area contributed by atoms with Crippen LogP contribution in [0.15, 0.2) is 72.8 Å². The van der Waals surface area contributed by atoms with Crippen molar-refractivity contribution in [3.05, 3.63) is 82.8 Å². The van der Waals surface area contributed by atoms with Crippen LogP contribution in [-0.2, 0) is 0 Å². The van der Waals surface area contributed by atoms with Crippen LogP contribution in [0.25, 0.3) is 0 Å². The molecular formula is C18H14Cl2N2. The minimum absolute atomic E-state index is 0.720. The smallest absolute Gasteiger partial charge is 0.0623 e. The third-order valence-electron chi connectivity index (χ3n) is 3.17. The maximum atomic E-state index is 5.92. The second-order valence-corrected chi connectivity index (χ2v) is 5.68. The van der Waals surface area contributed by atoms with Crippen molar-refractivity contribution in [2.45, 2.75) is 0 Å². The van der Waals surface area contributed by atoms with Gasteiger partial charge in [0.25, 0.3) is 0 Å². The van der Waals surface area contributed by atoms with Crippen molar-refractivity contribution < 1.29 is 0 Å². The molecule has 0 aromatic heterocycles. The number of halogens is 2. The maximum absolute atomic E-state index is 5.92. The predicted octanol–water partition coefficient (Wildman–Crippen LogP) is 6.48. The molecule has 22 heavy (non-hydrogen) atoms. The van der Waals surface area contributed by atoms with Crippen LogP contribution in [0, 0.1) is 0 Å². The Balaban J connectivity index is 1.83. The summed E-state index contributed by atoms with van der Waals surface area (Å²) in [4.78, 5) is 0. The Hall–Kier alpha value is -2.16. The Labute approximate surface area is 139 Å². The van der Waals surface area contributed by atoms with E-state index in [4.69, 9.17) is 23.2 Å². The highest BCUT2D eigenvalue weighted by Gasteiger charge is 2.03. The van der Waals surface area contributed by atoms with Crippen LogP contribution in [0.1, 0.15) is 0 Å². The summed E-state index contributed by atoms with van der Waals surface area (Å²) in [5.74, 6) is 0. The molecule has 3 aromatic carbocycles. The predicted molar refractivity (Wildman–Crippen MR) is 95.9 cm³/mol. The third kappa shape index (κ3) is 3.73. The minimum atomic E-state index is 0.720. The Kier molecular flexibility index (Phi) is 4.52. The summed E-state index contributed by atoms with van der Waals surface area (Å²) in [5, 5.41) is 8.21. The van der Waals surface area contributed by atoms with E-state index in [0.29, 0.717) is 0 Å². The standard InChI is InChI=1S/C18H14Cl2N2/c19-13-5-9-15(10-6-13)21-17-3-1-2-4-18(17)22-16-11-7-14(20)8-12-16/h1-12,21-22H. The SMILES string of the molecule is Clc1ccc(Nc2ccccc2Nc2ccc(Cl)cc2)cc1. The molecule has 2 N–H and O–H groups in total. The molecule has 0 heterocycles. The first-order valence-corrected chi connectivity index (χ1v) is 7.60. The van der Waals surface area contributed by atoms with E-state index in [9.17, 15) is 0 Å². The number of anilines is 4. The molecule has 0 saturated heterocycles. The Morgan fingerprint density at radius 3 is 1.23 bits per heavy atom. The van der Waals surface area contributed by atoms with E-state index in [1.165, 1.54) is 0 Å². The molecule has 0 bridgehead atoms. The van der Waals surface area contributed by atoms with Crippen LogP contribution in [0.4, 0.5) is 22.7 Å². The highest BCUT2D eigenvalue weighted by molar-refractivity contribution is 6.30. The van der Waals surface area contributed by atoms with E-state index in [1.54, 1.807) is 0 Å². The molecule has 0 aliphatic heterocycles. The summed E-state index contributed by atoms with van der Waals surface area (Å²) in [6.45, 7) is 0. The zero-order valence-corrected chi connectivity index (χ0v) is 13.2. The fraction of sp³-hybridized carbons (Fsp3) is 0. The zero-order chi connectivity index (χ0) is 15.4. The second kappa shape index (κ2) is 6.73. The normalized spacial score (nSPS) is 10.3. The molecule has 0 atom stereocenters. The molecule has 4 heteroatoms. The van der Waals surface area contributed by atoms with Gasteiger partial charge in [0, 0.05) is 21.4 Å². The molecule has 3 aromatic rings. The summed E-state index contributed by atoms with van der Waals surface area (Å²) in [7, 11) is 0. The maximum Gasteiger partial charge on any atom is 0.0623 e. The van der Waals surface area contributed by atoms with Crippen LogP contribution >= 0.6 is 23.2 Å². The lowest BCUT2D eigenvalue weighted by Crippen LogP contribution is -1.97. The van der Waals surface area contributed by atoms with Crippen molar-refractivity contribution in [3.63, 3.8) is 0 Å². The minimum Gasteiger partial charge on any atom is -0.354 e. The highest BCUT2D eigenvalue weighted by atomic mass is 35.5. The van der Waals surface area contributed by atoms with Crippen LogP contribution in [0.3, 0.4) is 0 Å². The van der Waals surface area contributed by atoms with Gasteiger partial charge in [0.15, 0.2) is 0 Å². The first-order chi connectivity index (χ1) is 10.7. The van der Waals surface area contributed by atoms with Gasteiger partial charge in [-0.3, -0.25) is 0 Å². The van der Waals surface area contributed by atoms with E-state index in [-0.39, 0.29) is 0 Å². The molecule has 0 unspecified atom stereocenters. The highest BCUT2D eigenvalue weighted by Crippen LogP contribution is 2.29. The summed E-state index contributed by atoms with van der Waals surface area (Å²) in [6, 6.07) is 23.2. The molecule has 0 amide bonds. The van der Waals surface area contributed by atoms with Gasteiger partial charge in [0.05, 0.1) is 11.4 Å². The van der Waals surface area contributed by atoms with Gasteiger partial charge < -0.3 is 10.6 Å². The van der Waals surface area contributed by atoms with Crippen molar-refractivity contribution in [3.8, 4) is 0 Å². The van der Waals surface area contributed by atoms with Crippen LogP contribution in [-0.4, -0.2) is 0 Å². The molecule has 0 radical (unpaired) electrons. The van der Waals surface area contributed by atoms with Crippen molar-refractivity contribution in [1.82, 2.24) is 0 Å². The fourth-order valence-corrected chi connectivity index (χ4v) is 2.33. The molecule has 0 spiro atoms. The summed E-state index contributed by atoms with van der Waals surface area (Å²) >= 11 is 11.8. The summed E-state index contributed by atoms with van der Waals surface area (Å²) < 4.78 is 0. The van der Waals surface area contributed by atoms with Gasteiger partial charge in [-0.25, -0.2) is 0 Å². The average Bonchev–Trinajstić information content (AvgIpc) is 2.54. The van der Waals surface area contributed by atoms with Gasteiger partial charge in [-0.05, 0) is 60.7 Å². The largest absolute Gasteiger partial charge is 0.354 e. The topological polar surface area (TPSA) is 24.1 Å². The first kappa shape index (κ1) is 14.8. The molecule has 0 saturated carbocycles. The van der Waals surface area contributed by atoms with Gasteiger partial charge >= 0.3 is 0 Å². The van der Waals surface area contributed by atoms with E-state index in [1.807, 2.05) is 72.8 Å². The Morgan fingerprint density at radius 1 is 0.500 bits per heavy atom. The van der Waals surface area contributed by atoms with Crippen molar-refractivity contribution in [2.24, 2.45) is 0 Å². The van der Waals surface area contributed by atoms with E-state index < -0.39 is 0 Å². The number of rotatable bonds is 4. The van der Waals surface area contributed by atoms with Crippen molar-refractivity contribution in [2.75, 3.05) is 10.6 Å². The lowest BCUT2D eigenvalue weighted by molar-refractivity contribution is 1.50. The van der Waals surface area contributed by atoms with E-state index >= 15 is 0 Å². The molecule has 0 fully saturated rings. The molecule has 2 nitrogen and oxygen atoms in total. The van der Waals surface area contributed by atoms with Crippen molar-refractivity contribution in [1.29, 1.82) is 0 Å². The monoisotopic (exact) mass is 328 g/mol. The van der Waals surface area contributed by atoms with Crippen LogP contribution < -0.4 is 10.6 Å². The third-order valence-corrected chi connectivity index (χ3v) is 3.68. The number of nitrogens with one attached hydrogen (secondary N) is 2. The average molecular weight is 329 g/mol. The Bertz CT molecular complexity index is 686.